The number of anilines is 1. The maximum Gasteiger partial charge on any atom is 0.303 e. The predicted molar refractivity (Wildman–Crippen MR) is 83.2 cm³/mol. The molecule has 1 unspecified atom stereocenters. The number of carbonyl (C=O) groups excluding carboxylic acids is 1. The lowest BCUT2D eigenvalue weighted by Crippen LogP contribution is -2.42. The molecule has 2 aromatic rings. The highest BCUT2D eigenvalue weighted by molar-refractivity contribution is 6.30. The molecule has 3 rings (SSSR count). The SMILES string of the molecule is Cc1ccc(N2NC(c3ccc(Cl)cc3)C(O)(O)C2=O)cc1. The van der Waals surface area contributed by atoms with Gasteiger partial charge in [0.25, 0.3) is 5.79 Å². The number of hydrogen-bond donors (Lipinski definition) is 3. The second-order valence-corrected chi connectivity index (χ2v) is 5.75. The van der Waals surface area contributed by atoms with Gasteiger partial charge in [0.2, 0.25) is 0 Å². The minimum atomic E-state index is -2.53. The molecular weight excluding hydrogens is 304 g/mol. The number of benzene rings is 2. The average Bonchev–Trinajstić information content (AvgIpc) is 2.72. The highest BCUT2D eigenvalue weighted by Gasteiger charge is 2.53. The summed E-state index contributed by atoms with van der Waals surface area (Å²) in [5, 5.41) is 22.1. The molecule has 3 N–H and O–H groups in total. The van der Waals surface area contributed by atoms with Crippen molar-refractivity contribution in [2.45, 2.75) is 18.8 Å². The minimum Gasteiger partial charge on any atom is -0.357 e. The largest absolute Gasteiger partial charge is 0.357 e. The van der Waals surface area contributed by atoms with Crippen LogP contribution >= 0.6 is 11.6 Å². The predicted octanol–water partition coefficient (Wildman–Crippen LogP) is 1.92. The van der Waals surface area contributed by atoms with Crippen LogP contribution in [0.4, 0.5) is 5.69 Å². The van der Waals surface area contributed by atoms with Crippen LogP contribution in [-0.2, 0) is 4.79 Å². The van der Waals surface area contributed by atoms with E-state index >= 15 is 0 Å². The van der Waals surface area contributed by atoms with E-state index in [-0.39, 0.29) is 0 Å². The van der Waals surface area contributed by atoms with E-state index in [1.54, 1.807) is 36.4 Å². The van der Waals surface area contributed by atoms with Gasteiger partial charge in [-0.05, 0) is 36.8 Å². The van der Waals surface area contributed by atoms with E-state index in [0.29, 0.717) is 16.3 Å². The molecule has 5 nitrogen and oxygen atoms in total. The van der Waals surface area contributed by atoms with Gasteiger partial charge in [-0.3, -0.25) is 4.79 Å². The lowest BCUT2D eigenvalue weighted by atomic mass is 10.00. The molecule has 0 bridgehead atoms. The number of aryl methyl sites for hydroxylation is 1. The zero-order valence-corrected chi connectivity index (χ0v) is 12.6. The van der Waals surface area contributed by atoms with E-state index in [1.807, 2.05) is 19.1 Å². The van der Waals surface area contributed by atoms with E-state index < -0.39 is 17.7 Å². The molecule has 0 spiro atoms. The number of rotatable bonds is 2. The summed E-state index contributed by atoms with van der Waals surface area (Å²) in [7, 11) is 0. The fourth-order valence-corrected chi connectivity index (χ4v) is 2.54. The van der Waals surface area contributed by atoms with Crippen molar-refractivity contribution in [2.75, 3.05) is 5.01 Å². The quantitative estimate of drug-likeness (QED) is 0.740. The lowest BCUT2D eigenvalue weighted by molar-refractivity contribution is -0.182. The van der Waals surface area contributed by atoms with Crippen LogP contribution in [0.1, 0.15) is 17.2 Å². The van der Waals surface area contributed by atoms with Crippen LogP contribution < -0.4 is 10.4 Å². The van der Waals surface area contributed by atoms with Crippen LogP contribution in [0, 0.1) is 6.92 Å². The van der Waals surface area contributed by atoms with Gasteiger partial charge >= 0.3 is 5.91 Å². The smallest absolute Gasteiger partial charge is 0.303 e. The van der Waals surface area contributed by atoms with Crippen molar-refractivity contribution in [3.05, 3.63) is 64.7 Å². The van der Waals surface area contributed by atoms with E-state index in [1.165, 1.54) is 0 Å². The summed E-state index contributed by atoms with van der Waals surface area (Å²) in [4.78, 5) is 12.3. The number of carbonyl (C=O) groups is 1. The molecular formula is C16H15ClN2O3. The summed E-state index contributed by atoms with van der Waals surface area (Å²) in [5.74, 6) is -3.35. The third-order valence-corrected chi connectivity index (χ3v) is 3.93. The van der Waals surface area contributed by atoms with Gasteiger partial charge in [-0.15, -0.1) is 0 Å². The third-order valence-electron chi connectivity index (χ3n) is 3.67. The van der Waals surface area contributed by atoms with Crippen LogP contribution in [0.2, 0.25) is 5.02 Å². The number of halogens is 1. The van der Waals surface area contributed by atoms with E-state index in [2.05, 4.69) is 5.43 Å². The van der Waals surface area contributed by atoms with Gasteiger partial charge in [0.05, 0.1) is 5.69 Å². The molecule has 0 radical (unpaired) electrons. The summed E-state index contributed by atoms with van der Waals surface area (Å²) < 4.78 is 0. The Kier molecular flexibility index (Phi) is 3.66. The molecule has 114 valence electrons. The van der Waals surface area contributed by atoms with Crippen molar-refractivity contribution in [1.29, 1.82) is 0 Å². The minimum absolute atomic E-state index is 0.532. The Labute approximate surface area is 132 Å². The zero-order chi connectivity index (χ0) is 15.9. The molecule has 2 aromatic carbocycles. The van der Waals surface area contributed by atoms with Crippen LogP contribution in [0.3, 0.4) is 0 Å². The van der Waals surface area contributed by atoms with Gasteiger partial charge < -0.3 is 10.2 Å². The average molecular weight is 319 g/mol. The number of amides is 1. The van der Waals surface area contributed by atoms with E-state index in [9.17, 15) is 15.0 Å². The normalized spacial score (nSPS) is 20.5. The van der Waals surface area contributed by atoms with Gasteiger partial charge in [-0.2, -0.15) is 0 Å². The van der Waals surface area contributed by atoms with Crippen LogP contribution in [0.5, 0.6) is 0 Å². The molecule has 0 aliphatic carbocycles. The number of hydrogen-bond acceptors (Lipinski definition) is 4. The van der Waals surface area contributed by atoms with Crippen molar-refractivity contribution in [3.63, 3.8) is 0 Å². The van der Waals surface area contributed by atoms with E-state index in [4.69, 9.17) is 11.6 Å². The number of hydrazine groups is 1. The second-order valence-electron chi connectivity index (χ2n) is 5.32. The Morgan fingerprint density at radius 1 is 1.09 bits per heavy atom. The van der Waals surface area contributed by atoms with Gasteiger partial charge in [0.15, 0.2) is 0 Å². The Balaban J connectivity index is 1.95. The number of aliphatic hydroxyl groups is 2. The van der Waals surface area contributed by atoms with Gasteiger partial charge in [-0.25, -0.2) is 10.4 Å². The first-order valence-corrected chi connectivity index (χ1v) is 7.15. The maximum absolute atomic E-state index is 12.3. The zero-order valence-electron chi connectivity index (χ0n) is 11.8. The van der Waals surface area contributed by atoms with Crippen molar-refractivity contribution in [1.82, 2.24) is 5.43 Å². The monoisotopic (exact) mass is 318 g/mol. The van der Waals surface area contributed by atoms with E-state index in [0.717, 1.165) is 10.6 Å². The lowest BCUT2D eigenvalue weighted by Gasteiger charge is -2.20. The second kappa shape index (κ2) is 5.37. The van der Waals surface area contributed by atoms with Gasteiger partial charge in [0.1, 0.15) is 6.04 Å². The van der Waals surface area contributed by atoms with Crippen LogP contribution in [0.25, 0.3) is 0 Å². The molecule has 1 aliphatic rings. The van der Waals surface area contributed by atoms with Gasteiger partial charge in [-0.1, -0.05) is 41.4 Å². The highest BCUT2D eigenvalue weighted by atomic mass is 35.5. The van der Waals surface area contributed by atoms with Crippen LogP contribution in [-0.4, -0.2) is 21.9 Å². The molecule has 1 saturated heterocycles. The Hall–Kier alpha value is -1.92. The maximum atomic E-state index is 12.3. The molecule has 1 amide bonds. The summed E-state index contributed by atoms with van der Waals surface area (Å²) in [5.41, 5.74) is 4.98. The van der Waals surface area contributed by atoms with Crippen molar-refractivity contribution < 1.29 is 15.0 Å². The molecule has 22 heavy (non-hydrogen) atoms. The Bertz CT molecular complexity index is 698. The number of nitrogens with one attached hydrogen (secondary N) is 1. The molecule has 1 heterocycles. The summed E-state index contributed by atoms with van der Waals surface area (Å²) in [6, 6.07) is 12.7. The fourth-order valence-electron chi connectivity index (χ4n) is 2.41. The van der Waals surface area contributed by atoms with Gasteiger partial charge in [0, 0.05) is 5.02 Å². The molecule has 0 saturated carbocycles. The summed E-state index contributed by atoms with van der Waals surface area (Å²) in [6.45, 7) is 1.93. The molecule has 1 fully saturated rings. The first kappa shape index (κ1) is 15.0. The fraction of sp³-hybridized carbons (Fsp3) is 0.188. The Morgan fingerprint density at radius 3 is 2.27 bits per heavy atom. The Morgan fingerprint density at radius 2 is 1.68 bits per heavy atom. The van der Waals surface area contributed by atoms with Crippen molar-refractivity contribution >= 4 is 23.2 Å². The third kappa shape index (κ3) is 2.48. The van der Waals surface area contributed by atoms with Crippen molar-refractivity contribution in [2.24, 2.45) is 0 Å². The standard InChI is InChI=1S/C16H15ClN2O3/c1-10-2-8-13(9-3-10)19-15(20)16(21,22)14(18-19)11-4-6-12(17)7-5-11/h2-9,14,18,21-22H,1H3. The molecule has 6 heteroatoms. The summed E-state index contributed by atoms with van der Waals surface area (Å²) >= 11 is 5.83. The topological polar surface area (TPSA) is 72.8 Å². The molecule has 1 atom stereocenters. The highest BCUT2D eigenvalue weighted by Crippen LogP contribution is 2.34. The van der Waals surface area contributed by atoms with Crippen molar-refractivity contribution in [3.8, 4) is 0 Å². The summed E-state index contributed by atoms with van der Waals surface area (Å²) in [6.07, 6.45) is 0. The van der Waals surface area contributed by atoms with Crippen LogP contribution in [0.15, 0.2) is 48.5 Å². The first-order chi connectivity index (χ1) is 10.4. The molecule has 0 aromatic heterocycles. The first-order valence-electron chi connectivity index (χ1n) is 6.77. The molecule has 1 aliphatic heterocycles. The number of nitrogens with zero attached hydrogens (tertiary/aromatic N) is 1.